The van der Waals surface area contributed by atoms with Gasteiger partial charge in [0.15, 0.2) is 0 Å². The fourth-order valence-corrected chi connectivity index (χ4v) is 4.83. The molecular formula is C24H33ClN2O. The first-order valence-electron chi connectivity index (χ1n) is 10.8. The van der Waals surface area contributed by atoms with Gasteiger partial charge in [0.2, 0.25) is 0 Å². The van der Waals surface area contributed by atoms with Crippen molar-refractivity contribution < 1.29 is 4.79 Å². The van der Waals surface area contributed by atoms with Crippen LogP contribution in [0, 0.1) is 12.8 Å². The number of carbonyl (C=O) groups excluding carboxylic acids is 1. The van der Waals surface area contributed by atoms with Gasteiger partial charge in [-0.1, -0.05) is 62.8 Å². The van der Waals surface area contributed by atoms with Crippen LogP contribution in [0.5, 0.6) is 0 Å². The van der Waals surface area contributed by atoms with E-state index in [1.165, 1.54) is 50.6 Å². The molecule has 0 spiro atoms. The third-order valence-electron chi connectivity index (χ3n) is 6.19. The summed E-state index contributed by atoms with van der Waals surface area (Å²) in [5, 5.41) is 0.704. The summed E-state index contributed by atoms with van der Waals surface area (Å²) in [4.78, 5) is 12.5. The van der Waals surface area contributed by atoms with Gasteiger partial charge in [-0.15, -0.1) is 0 Å². The number of hydrogen-bond acceptors (Lipinski definition) is 1. The average molecular weight is 401 g/mol. The lowest BCUT2D eigenvalue weighted by molar-refractivity contribution is 0.1000. The van der Waals surface area contributed by atoms with Gasteiger partial charge < -0.3 is 10.3 Å². The van der Waals surface area contributed by atoms with Crippen LogP contribution in [-0.4, -0.2) is 10.5 Å². The lowest BCUT2D eigenvalue weighted by Gasteiger charge is -2.24. The molecule has 1 aromatic carbocycles. The van der Waals surface area contributed by atoms with Crippen LogP contribution in [0.2, 0.25) is 5.02 Å². The van der Waals surface area contributed by atoms with E-state index in [1.807, 2.05) is 24.3 Å². The third-order valence-corrected chi connectivity index (χ3v) is 6.45. The van der Waals surface area contributed by atoms with Gasteiger partial charge >= 0.3 is 0 Å². The van der Waals surface area contributed by atoms with Crippen LogP contribution in [0.1, 0.15) is 80.0 Å². The maximum Gasteiger partial charge on any atom is 0.251 e. The molecule has 3 nitrogen and oxygen atoms in total. The van der Waals surface area contributed by atoms with Crippen LogP contribution in [0.25, 0.3) is 11.1 Å². The second-order valence-corrected chi connectivity index (χ2v) is 8.66. The summed E-state index contributed by atoms with van der Waals surface area (Å²) in [5.74, 6) is 0.366. The Morgan fingerprint density at radius 1 is 1.14 bits per heavy atom. The van der Waals surface area contributed by atoms with E-state index in [0.29, 0.717) is 16.5 Å². The van der Waals surface area contributed by atoms with Crippen LogP contribution in [0.4, 0.5) is 0 Å². The highest BCUT2D eigenvalue weighted by Gasteiger charge is 2.26. The summed E-state index contributed by atoms with van der Waals surface area (Å²) in [6.07, 6.45) is 11.1. The molecule has 0 bridgehead atoms. The molecule has 0 atom stereocenters. The molecule has 1 aromatic heterocycles. The van der Waals surface area contributed by atoms with Gasteiger partial charge in [-0.25, -0.2) is 0 Å². The van der Waals surface area contributed by atoms with Crippen molar-refractivity contribution in [1.82, 2.24) is 4.57 Å². The van der Waals surface area contributed by atoms with E-state index in [0.717, 1.165) is 36.2 Å². The Morgan fingerprint density at radius 2 is 1.82 bits per heavy atom. The van der Waals surface area contributed by atoms with E-state index in [4.69, 9.17) is 17.3 Å². The number of primary amides is 1. The topological polar surface area (TPSA) is 48.0 Å². The summed E-state index contributed by atoms with van der Waals surface area (Å²) in [5.41, 5.74) is 10.9. The zero-order valence-electron chi connectivity index (χ0n) is 17.3. The fraction of sp³-hybridized carbons (Fsp3) is 0.542. The van der Waals surface area contributed by atoms with Gasteiger partial charge in [0.1, 0.15) is 0 Å². The van der Waals surface area contributed by atoms with Crippen molar-refractivity contribution in [1.29, 1.82) is 0 Å². The maximum atomic E-state index is 12.5. The van der Waals surface area contributed by atoms with Crippen molar-refractivity contribution in [2.45, 2.75) is 78.2 Å². The van der Waals surface area contributed by atoms with Gasteiger partial charge in [-0.05, 0) is 56.2 Å². The lowest BCUT2D eigenvalue weighted by Crippen LogP contribution is -2.18. The molecule has 1 aliphatic carbocycles. The van der Waals surface area contributed by atoms with E-state index in [1.54, 1.807) is 0 Å². The minimum absolute atomic E-state index is 0.332. The summed E-state index contributed by atoms with van der Waals surface area (Å²) in [6, 6.07) is 7.81. The molecule has 1 saturated carbocycles. The predicted molar refractivity (Wildman–Crippen MR) is 118 cm³/mol. The molecule has 0 radical (unpaired) electrons. The zero-order chi connectivity index (χ0) is 20.1. The lowest BCUT2D eigenvalue weighted by atomic mass is 9.89. The highest BCUT2D eigenvalue weighted by Crippen LogP contribution is 2.36. The zero-order valence-corrected chi connectivity index (χ0v) is 18.0. The minimum atomic E-state index is -0.332. The van der Waals surface area contributed by atoms with E-state index in [9.17, 15) is 4.79 Å². The van der Waals surface area contributed by atoms with Crippen LogP contribution in [0.15, 0.2) is 24.3 Å². The number of nitrogens with zero attached hydrogens (tertiary/aromatic N) is 1. The Morgan fingerprint density at radius 3 is 2.43 bits per heavy atom. The number of amides is 1. The second kappa shape index (κ2) is 9.65. The van der Waals surface area contributed by atoms with Crippen LogP contribution < -0.4 is 5.73 Å². The molecule has 4 heteroatoms. The summed E-state index contributed by atoms with van der Waals surface area (Å²) in [6.45, 7) is 5.29. The largest absolute Gasteiger partial charge is 0.366 e. The number of aromatic nitrogens is 1. The van der Waals surface area contributed by atoms with Crippen molar-refractivity contribution in [3.05, 3.63) is 46.2 Å². The highest BCUT2D eigenvalue weighted by atomic mass is 35.5. The molecule has 2 aromatic rings. The van der Waals surface area contributed by atoms with Crippen molar-refractivity contribution >= 4 is 17.5 Å². The Balaban J connectivity index is 2.09. The van der Waals surface area contributed by atoms with E-state index < -0.39 is 0 Å². The van der Waals surface area contributed by atoms with E-state index >= 15 is 0 Å². The predicted octanol–water partition coefficient (Wildman–Crippen LogP) is 6.53. The molecule has 1 heterocycles. The number of nitrogens with two attached hydrogens (primary N) is 1. The minimum Gasteiger partial charge on any atom is -0.366 e. The number of halogens is 1. The number of carbonyl (C=O) groups is 1. The van der Waals surface area contributed by atoms with Crippen molar-refractivity contribution in [3.8, 4) is 11.1 Å². The van der Waals surface area contributed by atoms with Gasteiger partial charge in [0.05, 0.1) is 5.56 Å². The third kappa shape index (κ3) is 4.63. The molecule has 1 fully saturated rings. The van der Waals surface area contributed by atoms with Crippen LogP contribution in [-0.2, 0) is 13.0 Å². The van der Waals surface area contributed by atoms with Gasteiger partial charge in [0.25, 0.3) is 5.91 Å². The van der Waals surface area contributed by atoms with Crippen molar-refractivity contribution in [2.75, 3.05) is 0 Å². The van der Waals surface area contributed by atoms with Crippen LogP contribution in [0.3, 0.4) is 0 Å². The van der Waals surface area contributed by atoms with Gasteiger partial charge in [-0.2, -0.15) is 0 Å². The molecular weight excluding hydrogens is 368 g/mol. The smallest absolute Gasteiger partial charge is 0.251 e. The Hall–Kier alpha value is -1.74. The molecule has 2 N–H and O–H groups in total. The number of unbranched alkanes of at least 4 members (excludes halogenated alkanes) is 2. The van der Waals surface area contributed by atoms with Crippen molar-refractivity contribution in [3.63, 3.8) is 0 Å². The average Bonchev–Trinajstić information content (AvgIpc) is 2.96. The molecule has 0 saturated heterocycles. The SMILES string of the molecule is CCCCCc1c(-c2ccc(Cl)cc2)c(C(N)=O)c(C)n1CC1CCCCC1. The molecule has 1 amide bonds. The molecule has 0 unspecified atom stereocenters. The normalized spacial score (nSPS) is 15.1. The van der Waals surface area contributed by atoms with Gasteiger partial charge in [0, 0.05) is 28.5 Å². The first-order valence-corrected chi connectivity index (χ1v) is 11.2. The summed E-state index contributed by atoms with van der Waals surface area (Å²) in [7, 11) is 0. The monoisotopic (exact) mass is 400 g/mol. The molecule has 3 rings (SSSR count). The Labute approximate surface area is 174 Å². The standard InChI is InChI=1S/C24H33ClN2O/c1-3-4-6-11-21-23(19-12-14-20(25)15-13-19)22(24(26)28)17(2)27(21)16-18-9-7-5-8-10-18/h12-15,18H,3-11,16H2,1-2H3,(H2,26,28). The summed E-state index contributed by atoms with van der Waals surface area (Å²) < 4.78 is 2.41. The summed E-state index contributed by atoms with van der Waals surface area (Å²) >= 11 is 6.11. The number of benzene rings is 1. The molecule has 28 heavy (non-hydrogen) atoms. The first-order chi connectivity index (χ1) is 13.5. The number of rotatable bonds is 8. The van der Waals surface area contributed by atoms with E-state index in [2.05, 4.69) is 18.4 Å². The Bertz CT molecular complexity index is 801. The molecule has 0 aliphatic heterocycles. The maximum absolute atomic E-state index is 12.5. The molecule has 152 valence electrons. The Kier molecular flexibility index (Phi) is 7.23. The second-order valence-electron chi connectivity index (χ2n) is 8.22. The highest BCUT2D eigenvalue weighted by molar-refractivity contribution is 6.30. The van der Waals surface area contributed by atoms with Crippen molar-refractivity contribution in [2.24, 2.45) is 11.7 Å². The fourth-order valence-electron chi connectivity index (χ4n) is 4.70. The van der Waals surface area contributed by atoms with Gasteiger partial charge in [-0.3, -0.25) is 4.79 Å². The molecule has 1 aliphatic rings. The first kappa shape index (κ1) is 21.0. The number of hydrogen-bond donors (Lipinski definition) is 1. The van der Waals surface area contributed by atoms with E-state index in [-0.39, 0.29) is 5.91 Å². The van der Waals surface area contributed by atoms with Crippen LogP contribution >= 0.6 is 11.6 Å². The quantitative estimate of drug-likeness (QED) is 0.503.